The van der Waals surface area contributed by atoms with Crippen LogP contribution in [0, 0.1) is 6.92 Å². The molecule has 1 aromatic carbocycles. The van der Waals surface area contributed by atoms with Crippen LogP contribution in [-0.2, 0) is 0 Å². The lowest BCUT2D eigenvalue weighted by atomic mass is 10.3. The van der Waals surface area contributed by atoms with Gasteiger partial charge in [-0.15, -0.1) is 0 Å². The van der Waals surface area contributed by atoms with E-state index in [2.05, 4.69) is 20.2 Å². The number of hydrogen-bond acceptors (Lipinski definition) is 4. The summed E-state index contributed by atoms with van der Waals surface area (Å²) in [5, 5.41) is 5.35. The highest BCUT2D eigenvalue weighted by molar-refractivity contribution is 6.42. The minimum absolute atomic E-state index is 0.511. The van der Waals surface area contributed by atoms with Gasteiger partial charge >= 0.3 is 0 Å². The number of aromatic amines is 1. The second-order valence-electron chi connectivity index (χ2n) is 6.03. The Balaban J connectivity index is 1.78. The van der Waals surface area contributed by atoms with Crippen LogP contribution in [0.5, 0.6) is 0 Å². The Morgan fingerprint density at radius 2 is 1.88 bits per heavy atom. The summed E-state index contributed by atoms with van der Waals surface area (Å²) in [7, 11) is 0. The third-order valence-electron chi connectivity index (χ3n) is 4.18. The highest BCUT2D eigenvalue weighted by Crippen LogP contribution is 2.31. The number of benzene rings is 1. The molecule has 4 rings (SSSR count). The lowest BCUT2D eigenvalue weighted by Crippen LogP contribution is -2.20. The van der Waals surface area contributed by atoms with Gasteiger partial charge in [-0.3, -0.25) is 0 Å². The van der Waals surface area contributed by atoms with Crippen molar-refractivity contribution in [2.45, 2.75) is 19.8 Å². The Morgan fingerprint density at radius 3 is 2.62 bits per heavy atom. The number of anilines is 3. The summed E-state index contributed by atoms with van der Waals surface area (Å²) in [6, 6.07) is 7.50. The number of aromatic nitrogens is 3. The van der Waals surface area contributed by atoms with E-state index in [-0.39, 0.29) is 0 Å². The van der Waals surface area contributed by atoms with E-state index in [1.807, 2.05) is 19.1 Å². The lowest BCUT2D eigenvalue weighted by Gasteiger charge is -2.17. The maximum absolute atomic E-state index is 6.12. The minimum atomic E-state index is 0.511. The normalized spacial score (nSPS) is 14.5. The third kappa shape index (κ3) is 2.89. The molecule has 1 fully saturated rings. The second-order valence-corrected chi connectivity index (χ2v) is 6.85. The predicted octanol–water partition coefficient (Wildman–Crippen LogP) is 4.92. The molecule has 0 aliphatic carbocycles. The molecule has 0 saturated carbocycles. The zero-order chi connectivity index (χ0) is 16.7. The summed E-state index contributed by atoms with van der Waals surface area (Å²) in [6.07, 6.45) is 2.36. The third-order valence-corrected chi connectivity index (χ3v) is 4.92. The van der Waals surface area contributed by atoms with E-state index in [0.717, 1.165) is 47.3 Å². The molecule has 0 spiro atoms. The van der Waals surface area contributed by atoms with Crippen molar-refractivity contribution in [1.82, 2.24) is 15.0 Å². The largest absolute Gasteiger partial charge is 0.343 e. The van der Waals surface area contributed by atoms with Crippen molar-refractivity contribution < 1.29 is 0 Å². The molecule has 0 bridgehead atoms. The molecule has 0 amide bonds. The molecular weight excluding hydrogens is 345 g/mol. The highest BCUT2D eigenvalue weighted by Gasteiger charge is 2.18. The van der Waals surface area contributed by atoms with E-state index in [1.54, 1.807) is 12.1 Å². The molecule has 3 heterocycles. The number of hydrogen-bond donors (Lipinski definition) is 2. The number of aryl methyl sites for hydroxylation is 1. The van der Waals surface area contributed by atoms with Gasteiger partial charge in [-0.25, -0.2) is 0 Å². The predicted molar refractivity (Wildman–Crippen MR) is 99.8 cm³/mol. The van der Waals surface area contributed by atoms with Crippen LogP contribution >= 0.6 is 23.2 Å². The van der Waals surface area contributed by atoms with Crippen molar-refractivity contribution in [3.05, 3.63) is 40.0 Å². The van der Waals surface area contributed by atoms with Crippen LogP contribution in [0.15, 0.2) is 24.3 Å². The van der Waals surface area contributed by atoms with Crippen molar-refractivity contribution in [3.8, 4) is 0 Å². The van der Waals surface area contributed by atoms with Gasteiger partial charge in [0.1, 0.15) is 11.5 Å². The van der Waals surface area contributed by atoms with E-state index >= 15 is 0 Å². The van der Waals surface area contributed by atoms with Crippen LogP contribution in [0.25, 0.3) is 11.0 Å². The summed E-state index contributed by atoms with van der Waals surface area (Å²) < 4.78 is 0. The van der Waals surface area contributed by atoms with E-state index < -0.39 is 0 Å². The molecule has 1 aliphatic rings. The van der Waals surface area contributed by atoms with Gasteiger partial charge < -0.3 is 15.2 Å². The summed E-state index contributed by atoms with van der Waals surface area (Å²) in [6.45, 7) is 4.01. The van der Waals surface area contributed by atoms with Crippen LogP contribution < -0.4 is 10.2 Å². The molecule has 124 valence electrons. The summed E-state index contributed by atoms with van der Waals surface area (Å²) in [5.41, 5.74) is 2.73. The Kier molecular flexibility index (Phi) is 3.98. The minimum Gasteiger partial charge on any atom is -0.343 e. The van der Waals surface area contributed by atoms with Crippen LogP contribution in [-0.4, -0.2) is 28.0 Å². The van der Waals surface area contributed by atoms with Crippen LogP contribution in [0.2, 0.25) is 10.0 Å². The Labute approximate surface area is 150 Å². The van der Waals surface area contributed by atoms with Gasteiger partial charge in [-0.2, -0.15) is 9.97 Å². The molecule has 1 aliphatic heterocycles. The van der Waals surface area contributed by atoms with Crippen LogP contribution in [0.4, 0.5) is 17.5 Å². The number of H-pyrrole nitrogens is 1. The van der Waals surface area contributed by atoms with Crippen molar-refractivity contribution in [2.24, 2.45) is 0 Å². The fraction of sp³-hybridized carbons (Fsp3) is 0.294. The molecule has 24 heavy (non-hydrogen) atoms. The van der Waals surface area contributed by atoms with Gasteiger partial charge in [0.15, 0.2) is 0 Å². The smallest absolute Gasteiger partial charge is 0.229 e. The Morgan fingerprint density at radius 1 is 1.08 bits per heavy atom. The standard InChI is InChI=1S/C17H17Cl2N5/c1-10-8-12-15(20-10)22-17(24-6-2-3-7-24)23-16(12)21-11-4-5-13(18)14(19)9-11/h4-5,8-9H,2-3,6-7H2,1H3,(H2,20,21,22,23). The first kappa shape index (κ1) is 15.5. The fourth-order valence-corrected chi connectivity index (χ4v) is 3.29. The molecule has 3 aromatic rings. The summed E-state index contributed by atoms with van der Waals surface area (Å²) in [4.78, 5) is 15.0. The molecule has 1 saturated heterocycles. The zero-order valence-corrected chi connectivity index (χ0v) is 14.7. The van der Waals surface area contributed by atoms with Crippen molar-refractivity contribution >= 4 is 51.7 Å². The highest BCUT2D eigenvalue weighted by atomic mass is 35.5. The molecule has 5 nitrogen and oxygen atoms in total. The molecule has 0 atom stereocenters. The van der Waals surface area contributed by atoms with Gasteiger partial charge in [-0.05, 0) is 44.0 Å². The average Bonchev–Trinajstić information content (AvgIpc) is 3.19. The molecule has 0 radical (unpaired) electrons. The van der Waals surface area contributed by atoms with Crippen molar-refractivity contribution in [2.75, 3.05) is 23.3 Å². The average molecular weight is 362 g/mol. The number of nitrogens with zero attached hydrogens (tertiary/aromatic N) is 3. The number of halogens is 2. The molecular formula is C17H17Cl2N5. The topological polar surface area (TPSA) is 56.8 Å². The maximum atomic E-state index is 6.12. The monoisotopic (exact) mass is 361 g/mol. The van der Waals surface area contributed by atoms with Gasteiger partial charge in [-0.1, -0.05) is 23.2 Å². The molecule has 7 heteroatoms. The number of nitrogens with one attached hydrogen (secondary N) is 2. The van der Waals surface area contributed by atoms with Crippen molar-refractivity contribution in [1.29, 1.82) is 0 Å². The Hall–Kier alpha value is -1.98. The first-order valence-electron chi connectivity index (χ1n) is 7.94. The van der Waals surface area contributed by atoms with Gasteiger partial charge in [0.05, 0.1) is 15.4 Å². The Bertz CT molecular complexity index is 899. The SMILES string of the molecule is Cc1cc2c(Nc3ccc(Cl)c(Cl)c3)nc(N3CCCC3)nc2[nH]1. The van der Waals surface area contributed by atoms with E-state index in [0.29, 0.717) is 10.0 Å². The summed E-state index contributed by atoms with van der Waals surface area (Å²) in [5.74, 6) is 1.52. The second kappa shape index (κ2) is 6.15. The zero-order valence-electron chi connectivity index (χ0n) is 13.2. The quantitative estimate of drug-likeness (QED) is 0.695. The molecule has 0 unspecified atom stereocenters. The summed E-state index contributed by atoms with van der Waals surface area (Å²) >= 11 is 12.1. The molecule has 2 aromatic heterocycles. The fourth-order valence-electron chi connectivity index (χ4n) is 2.99. The van der Waals surface area contributed by atoms with E-state index in [4.69, 9.17) is 28.2 Å². The maximum Gasteiger partial charge on any atom is 0.229 e. The van der Waals surface area contributed by atoms with Crippen molar-refractivity contribution in [3.63, 3.8) is 0 Å². The van der Waals surface area contributed by atoms with Crippen LogP contribution in [0.3, 0.4) is 0 Å². The number of rotatable bonds is 3. The molecule has 2 N–H and O–H groups in total. The van der Waals surface area contributed by atoms with Gasteiger partial charge in [0.2, 0.25) is 5.95 Å². The lowest BCUT2D eigenvalue weighted by molar-refractivity contribution is 0.907. The van der Waals surface area contributed by atoms with E-state index in [1.165, 1.54) is 12.8 Å². The first-order chi connectivity index (χ1) is 11.6. The first-order valence-corrected chi connectivity index (χ1v) is 8.70. The van der Waals surface area contributed by atoms with E-state index in [9.17, 15) is 0 Å². The van der Waals surface area contributed by atoms with Gasteiger partial charge in [0, 0.05) is 24.5 Å². The number of fused-ring (bicyclic) bond motifs is 1. The van der Waals surface area contributed by atoms with Gasteiger partial charge in [0.25, 0.3) is 0 Å². The van der Waals surface area contributed by atoms with Crippen LogP contribution in [0.1, 0.15) is 18.5 Å².